The van der Waals surface area contributed by atoms with Crippen LogP contribution in [0.25, 0.3) is 0 Å². The van der Waals surface area contributed by atoms with Crippen molar-refractivity contribution < 1.29 is 9.47 Å². The molecule has 0 amide bonds. The molecule has 3 N–H and O–H groups in total. The van der Waals surface area contributed by atoms with Crippen LogP contribution in [0.5, 0.6) is 11.5 Å². The Hall–Kier alpha value is -1.26. The van der Waals surface area contributed by atoms with Crippen LogP contribution in [0.2, 0.25) is 0 Å². The zero-order valence-corrected chi connectivity index (χ0v) is 13.0. The van der Waals surface area contributed by atoms with Crippen molar-refractivity contribution in [1.29, 1.82) is 0 Å². The normalized spacial score (nSPS) is 28.6. The largest absolute Gasteiger partial charge is 0.493 e. The van der Waals surface area contributed by atoms with Crippen LogP contribution in [0.1, 0.15) is 43.7 Å². The number of methoxy groups -OCH3 is 2. The van der Waals surface area contributed by atoms with Gasteiger partial charge in [-0.05, 0) is 49.5 Å². The monoisotopic (exact) mass is 290 g/mol. The van der Waals surface area contributed by atoms with Gasteiger partial charge in [0.25, 0.3) is 0 Å². The highest BCUT2D eigenvalue weighted by Gasteiger charge is 2.40. The Balaban J connectivity index is 1.80. The van der Waals surface area contributed by atoms with Crippen LogP contribution < -0.4 is 20.7 Å². The molecule has 0 heterocycles. The van der Waals surface area contributed by atoms with E-state index in [4.69, 9.17) is 15.3 Å². The van der Waals surface area contributed by atoms with Gasteiger partial charge in [-0.3, -0.25) is 11.3 Å². The van der Waals surface area contributed by atoms with E-state index in [0.717, 1.165) is 41.2 Å². The molecule has 0 aromatic heterocycles. The van der Waals surface area contributed by atoms with Gasteiger partial charge in [0, 0.05) is 5.56 Å². The van der Waals surface area contributed by atoms with E-state index >= 15 is 0 Å². The molecule has 1 aromatic rings. The third-order valence-electron chi connectivity index (χ3n) is 5.43. The van der Waals surface area contributed by atoms with Gasteiger partial charge in [0.2, 0.25) is 0 Å². The summed E-state index contributed by atoms with van der Waals surface area (Å²) in [4.78, 5) is 0. The second-order valence-corrected chi connectivity index (χ2v) is 6.47. The summed E-state index contributed by atoms with van der Waals surface area (Å²) >= 11 is 0. The standard InChI is InChI=1S/C17H26N2O2/c1-20-16-5-3-4-14(17(16)21-2)15(19-18)10-13-9-11-6-7-12(13)8-11/h3-5,11-13,15,19H,6-10,18H2,1-2H3. The van der Waals surface area contributed by atoms with Crippen LogP contribution in [0.3, 0.4) is 0 Å². The maximum Gasteiger partial charge on any atom is 0.165 e. The molecule has 21 heavy (non-hydrogen) atoms. The van der Waals surface area contributed by atoms with Gasteiger partial charge in [-0.15, -0.1) is 0 Å². The highest BCUT2D eigenvalue weighted by atomic mass is 16.5. The Bertz CT molecular complexity index is 492. The van der Waals surface area contributed by atoms with Crippen LogP contribution in [-0.4, -0.2) is 14.2 Å². The molecule has 1 aromatic carbocycles. The lowest BCUT2D eigenvalue weighted by atomic mass is 9.82. The first-order chi connectivity index (χ1) is 10.3. The summed E-state index contributed by atoms with van der Waals surface area (Å²) in [6.45, 7) is 0. The van der Waals surface area contributed by atoms with Crippen molar-refractivity contribution in [1.82, 2.24) is 5.43 Å². The number of para-hydroxylation sites is 1. The number of benzene rings is 1. The fourth-order valence-corrected chi connectivity index (χ4v) is 4.44. The topological polar surface area (TPSA) is 56.5 Å². The first-order valence-electron chi connectivity index (χ1n) is 7.93. The predicted octanol–water partition coefficient (Wildman–Crippen LogP) is 3.03. The van der Waals surface area contributed by atoms with E-state index in [1.165, 1.54) is 25.7 Å². The summed E-state index contributed by atoms with van der Waals surface area (Å²) < 4.78 is 11.0. The molecule has 4 heteroatoms. The second kappa shape index (κ2) is 6.24. The smallest absolute Gasteiger partial charge is 0.165 e. The van der Waals surface area contributed by atoms with E-state index in [0.29, 0.717) is 0 Å². The molecular formula is C17H26N2O2. The Morgan fingerprint density at radius 2 is 2.10 bits per heavy atom. The molecule has 2 saturated carbocycles. The number of fused-ring (bicyclic) bond motifs is 2. The molecule has 4 unspecified atom stereocenters. The number of hydrazine groups is 1. The maximum atomic E-state index is 5.85. The lowest BCUT2D eigenvalue weighted by Crippen LogP contribution is -2.31. The van der Waals surface area contributed by atoms with Crippen LogP contribution in [-0.2, 0) is 0 Å². The first kappa shape index (κ1) is 14.7. The average molecular weight is 290 g/mol. The average Bonchev–Trinajstić information content (AvgIpc) is 3.14. The fourth-order valence-electron chi connectivity index (χ4n) is 4.44. The maximum absolute atomic E-state index is 5.85. The van der Waals surface area contributed by atoms with Crippen molar-refractivity contribution >= 4 is 0 Å². The number of hydrogen-bond acceptors (Lipinski definition) is 4. The molecule has 4 nitrogen and oxygen atoms in total. The summed E-state index contributed by atoms with van der Waals surface area (Å²) in [7, 11) is 3.36. The SMILES string of the molecule is COc1cccc(C(CC2CC3CCC2C3)NN)c1OC. The summed E-state index contributed by atoms with van der Waals surface area (Å²) in [5.74, 6) is 10.1. The van der Waals surface area contributed by atoms with Crippen LogP contribution >= 0.6 is 0 Å². The summed E-state index contributed by atoms with van der Waals surface area (Å²) in [5.41, 5.74) is 4.09. The summed E-state index contributed by atoms with van der Waals surface area (Å²) in [6, 6.07) is 6.13. The van der Waals surface area contributed by atoms with E-state index in [1.807, 2.05) is 12.1 Å². The molecule has 2 aliphatic carbocycles. The lowest BCUT2D eigenvalue weighted by Gasteiger charge is -2.27. The van der Waals surface area contributed by atoms with Crippen molar-refractivity contribution in [2.75, 3.05) is 14.2 Å². The van der Waals surface area contributed by atoms with Gasteiger partial charge in [0.1, 0.15) is 0 Å². The Kier molecular flexibility index (Phi) is 4.36. The zero-order chi connectivity index (χ0) is 14.8. The molecule has 0 aliphatic heterocycles. The van der Waals surface area contributed by atoms with Gasteiger partial charge in [-0.2, -0.15) is 0 Å². The molecule has 2 bridgehead atoms. The van der Waals surface area contributed by atoms with Crippen molar-refractivity contribution in [3.05, 3.63) is 23.8 Å². The van der Waals surface area contributed by atoms with Crippen LogP contribution in [0.15, 0.2) is 18.2 Å². The quantitative estimate of drug-likeness (QED) is 0.624. The van der Waals surface area contributed by atoms with Crippen LogP contribution in [0, 0.1) is 17.8 Å². The molecule has 0 saturated heterocycles. The lowest BCUT2D eigenvalue weighted by molar-refractivity contribution is 0.275. The van der Waals surface area contributed by atoms with Crippen molar-refractivity contribution in [3.63, 3.8) is 0 Å². The second-order valence-electron chi connectivity index (χ2n) is 6.47. The van der Waals surface area contributed by atoms with Gasteiger partial charge in [0.05, 0.1) is 20.3 Å². The minimum atomic E-state index is 0.124. The molecule has 3 rings (SSSR count). The van der Waals surface area contributed by atoms with Crippen molar-refractivity contribution in [2.24, 2.45) is 23.6 Å². The Labute approximate surface area is 127 Å². The summed E-state index contributed by atoms with van der Waals surface area (Å²) in [6.07, 6.45) is 6.72. The minimum Gasteiger partial charge on any atom is -0.493 e. The minimum absolute atomic E-state index is 0.124. The van der Waals surface area contributed by atoms with E-state index < -0.39 is 0 Å². The van der Waals surface area contributed by atoms with Gasteiger partial charge >= 0.3 is 0 Å². The molecular weight excluding hydrogens is 264 g/mol. The van der Waals surface area contributed by atoms with Crippen molar-refractivity contribution in [3.8, 4) is 11.5 Å². The third kappa shape index (κ3) is 2.74. The van der Waals surface area contributed by atoms with E-state index in [2.05, 4.69) is 11.5 Å². The number of nitrogens with one attached hydrogen (secondary N) is 1. The van der Waals surface area contributed by atoms with Gasteiger partial charge < -0.3 is 9.47 Å². The molecule has 0 spiro atoms. The third-order valence-corrected chi connectivity index (χ3v) is 5.43. The highest BCUT2D eigenvalue weighted by molar-refractivity contribution is 5.48. The Morgan fingerprint density at radius 3 is 2.67 bits per heavy atom. The fraction of sp³-hybridized carbons (Fsp3) is 0.647. The van der Waals surface area contributed by atoms with E-state index in [9.17, 15) is 0 Å². The Morgan fingerprint density at radius 1 is 1.24 bits per heavy atom. The van der Waals surface area contributed by atoms with Gasteiger partial charge in [0.15, 0.2) is 11.5 Å². The molecule has 0 radical (unpaired) electrons. The van der Waals surface area contributed by atoms with Crippen LogP contribution in [0.4, 0.5) is 0 Å². The van der Waals surface area contributed by atoms with E-state index in [1.54, 1.807) is 14.2 Å². The van der Waals surface area contributed by atoms with Crippen molar-refractivity contribution in [2.45, 2.75) is 38.1 Å². The zero-order valence-electron chi connectivity index (χ0n) is 13.0. The highest BCUT2D eigenvalue weighted by Crippen LogP contribution is 2.51. The molecule has 2 fully saturated rings. The first-order valence-corrected chi connectivity index (χ1v) is 7.93. The predicted molar refractivity (Wildman–Crippen MR) is 83.2 cm³/mol. The number of hydrogen-bond donors (Lipinski definition) is 2. The van der Waals surface area contributed by atoms with Gasteiger partial charge in [-0.25, -0.2) is 0 Å². The number of nitrogens with two attached hydrogens (primary N) is 1. The summed E-state index contributed by atoms with van der Waals surface area (Å²) in [5, 5.41) is 0. The molecule has 4 atom stereocenters. The molecule has 116 valence electrons. The molecule has 2 aliphatic rings. The van der Waals surface area contributed by atoms with E-state index in [-0.39, 0.29) is 6.04 Å². The van der Waals surface area contributed by atoms with Gasteiger partial charge in [-0.1, -0.05) is 18.6 Å². The number of rotatable bonds is 6. The number of ether oxygens (including phenoxy) is 2.